The van der Waals surface area contributed by atoms with Gasteiger partial charge in [0.25, 0.3) is 0 Å². The number of rotatable bonds is 1. The van der Waals surface area contributed by atoms with Crippen molar-refractivity contribution < 1.29 is 19.4 Å². The molecule has 0 saturated carbocycles. The summed E-state index contributed by atoms with van der Waals surface area (Å²) >= 11 is 0. The molecule has 2 fully saturated rings. The molecule has 102 valence electrons. The van der Waals surface area contributed by atoms with Crippen LogP contribution in [0.3, 0.4) is 0 Å². The van der Waals surface area contributed by atoms with Gasteiger partial charge in [-0.05, 0) is 46.5 Å². The first-order valence-corrected chi connectivity index (χ1v) is 6.52. The monoisotopic (exact) mass is 255 g/mol. The largest absolute Gasteiger partial charge is 0.481 e. The quantitative estimate of drug-likeness (QED) is 0.780. The van der Waals surface area contributed by atoms with Crippen molar-refractivity contribution in [2.24, 2.45) is 5.92 Å². The molecular weight excluding hydrogens is 234 g/mol. The Balaban J connectivity index is 2.05. The fourth-order valence-electron chi connectivity index (χ4n) is 2.99. The van der Waals surface area contributed by atoms with E-state index in [1.165, 1.54) is 0 Å². The van der Waals surface area contributed by atoms with Crippen LogP contribution in [0.15, 0.2) is 0 Å². The molecule has 2 atom stereocenters. The molecule has 2 heterocycles. The summed E-state index contributed by atoms with van der Waals surface area (Å²) in [6.07, 6.45) is 2.62. The number of aliphatic carboxylic acids is 1. The lowest BCUT2D eigenvalue weighted by molar-refractivity contribution is -0.144. The SMILES string of the molecule is CC(C)(C)OC(=O)N1C2CCC1CC(C(=O)O)C2. The van der Waals surface area contributed by atoms with Gasteiger partial charge in [-0.15, -0.1) is 0 Å². The summed E-state index contributed by atoms with van der Waals surface area (Å²) in [4.78, 5) is 24.9. The first-order valence-electron chi connectivity index (χ1n) is 6.52. The normalized spacial score (nSPS) is 31.3. The lowest BCUT2D eigenvalue weighted by atomic mass is 9.91. The van der Waals surface area contributed by atoms with Gasteiger partial charge in [-0.3, -0.25) is 4.79 Å². The number of amides is 1. The van der Waals surface area contributed by atoms with Crippen molar-refractivity contribution in [1.29, 1.82) is 0 Å². The summed E-state index contributed by atoms with van der Waals surface area (Å²) in [6.45, 7) is 5.53. The Hall–Kier alpha value is -1.26. The van der Waals surface area contributed by atoms with E-state index in [0.717, 1.165) is 12.8 Å². The molecule has 0 radical (unpaired) electrons. The third-order valence-electron chi connectivity index (χ3n) is 3.69. The van der Waals surface area contributed by atoms with E-state index in [0.29, 0.717) is 12.8 Å². The second kappa shape index (κ2) is 4.44. The molecule has 2 aliphatic heterocycles. The fraction of sp³-hybridized carbons (Fsp3) is 0.846. The zero-order valence-electron chi connectivity index (χ0n) is 11.2. The molecule has 2 saturated heterocycles. The van der Waals surface area contributed by atoms with E-state index in [1.807, 2.05) is 20.8 Å². The van der Waals surface area contributed by atoms with Gasteiger partial charge in [-0.25, -0.2) is 4.79 Å². The van der Waals surface area contributed by atoms with Gasteiger partial charge in [0.15, 0.2) is 0 Å². The molecule has 1 amide bonds. The number of carbonyl (C=O) groups excluding carboxylic acids is 1. The van der Waals surface area contributed by atoms with Gasteiger partial charge in [-0.1, -0.05) is 0 Å². The highest BCUT2D eigenvalue weighted by Crippen LogP contribution is 2.39. The average molecular weight is 255 g/mol. The molecule has 2 rings (SSSR count). The number of ether oxygens (including phenoxy) is 1. The van der Waals surface area contributed by atoms with Crippen LogP contribution in [0.4, 0.5) is 4.79 Å². The van der Waals surface area contributed by atoms with Gasteiger partial charge < -0.3 is 14.7 Å². The van der Waals surface area contributed by atoms with Crippen LogP contribution >= 0.6 is 0 Å². The van der Waals surface area contributed by atoms with Crippen molar-refractivity contribution in [3.05, 3.63) is 0 Å². The first-order chi connectivity index (χ1) is 8.28. The summed E-state index contributed by atoms with van der Waals surface area (Å²) < 4.78 is 5.39. The first kappa shape index (κ1) is 13.2. The molecule has 0 aromatic heterocycles. The predicted molar refractivity (Wildman–Crippen MR) is 65.2 cm³/mol. The lowest BCUT2D eigenvalue weighted by Crippen LogP contribution is -2.49. The molecule has 5 heteroatoms. The molecule has 5 nitrogen and oxygen atoms in total. The summed E-state index contributed by atoms with van der Waals surface area (Å²) in [7, 11) is 0. The van der Waals surface area contributed by atoms with Crippen LogP contribution in [0.25, 0.3) is 0 Å². The van der Waals surface area contributed by atoms with Crippen LogP contribution in [-0.2, 0) is 9.53 Å². The summed E-state index contributed by atoms with van der Waals surface area (Å²) in [6, 6.07) is 0.0828. The number of carbonyl (C=O) groups is 2. The number of nitrogens with zero attached hydrogens (tertiary/aromatic N) is 1. The second-order valence-corrected chi connectivity index (χ2v) is 6.28. The molecule has 0 aliphatic carbocycles. The van der Waals surface area contributed by atoms with Crippen molar-refractivity contribution in [3.63, 3.8) is 0 Å². The van der Waals surface area contributed by atoms with E-state index >= 15 is 0 Å². The highest BCUT2D eigenvalue weighted by molar-refractivity contribution is 5.73. The summed E-state index contributed by atoms with van der Waals surface area (Å²) in [5, 5.41) is 9.08. The van der Waals surface area contributed by atoms with Crippen molar-refractivity contribution in [2.45, 2.75) is 64.1 Å². The van der Waals surface area contributed by atoms with Gasteiger partial charge in [0.05, 0.1) is 5.92 Å². The van der Waals surface area contributed by atoms with Crippen LogP contribution in [0.2, 0.25) is 0 Å². The summed E-state index contributed by atoms with van der Waals surface area (Å²) in [5.41, 5.74) is -0.500. The fourth-order valence-corrected chi connectivity index (χ4v) is 2.99. The molecule has 2 unspecified atom stereocenters. The third kappa shape index (κ3) is 2.60. The Labute approximate surface area is 107 Å². The van der Waals surface area contributed by atoms with Crippen LogP contribution < -0.4 is 0 Å². The Kier molecular flexibility index (Phi) is 3.25. The van der Waals surface area contributed by atoms with Crippen molar-refractivity contribution in [1.82, 2.24) is 4.90 Å². The Bertz CT molecular complexity index is 346. The third-order valence-corrected chi connectivity index (χ3v) is 3.69. The van der Waals surface area contributed by atoms with E-state index in [-0.39, 0.29) is 24.1 Å². The maximum atomic E-state index is 12.1. The Morgan fingerprint density at radius 2 is 1.67 bits per heavy atom. The number of hydrogen-bond acceptors (Lipinski definition) is 3. The molecule has 0 aromatic rings. The van der Waals surface area contributed by atoms with Crippen LogP contribution in [-0.4, -0.2) is 39.8 Å². The highest BCUT2D eigenvalue weighted by atomic mass is 16.6. The number of piperidine rings is 1. The topological polar surface area (TPSA) is 66.8 Å². The number of fused-ring (bicyclic) bond motifs is 2. The maximum absolute atomic E-state index is 12.1. The number of carboxylic acid groups (broad SMARTS) is 1. The molecule has 2 bridgehead atoms. The smallest absolute Gasteiger partial charge is 0.410 e. The van der Waals surface area contributed by atoms with E-state index in [1.54, 1.807) is 4.90 Å². The van der Waals surface area contributed by atoms with E-state index in [9.17, 15) is 9.59 Å². The van der Waals surface area contributed by atoms with Gasteiger partial charge in [0.2, 0.25) is 0 Å². The molecule has 0 spiro atoms. The van der Waals surface area contributed by atoms with Crippen molar-refractivity contribution in [2.75, 3.05) is 0 Å². The van der Waals surface area contributed by atoms with Crippen molar-refractivity contribution in [3.8, 4) is 0 Å². The summed E-state index contributed by atoms with van der Waals surface area (Å²) in [5.74, 6) is -1.04. The second-order valence-electron chi connectivity index (χ2n) is 6.28. The standard InChI is InChI=1S/C13H21NO4/c1-13(2,3)18-12(17)14-9-4-5-10(14)7-8(6-9)11(15)16/h8-10H,4-7H2,1-3H3,(H,15,16). The molecule has 0 aromatic carbocycles. The van der Waals surface area contributed by atoms with Crippen molar-refractivity contribution >= 4 is 12.1 Å². The molecule has 1 N–H and O–H groups in total. The maximum Gasteiger partial charge on any atom is 0.410 e. The number of hydrogen-bond donors (Lipinski definition) is 1. The Morgan fingerprint density at radius 3 is 2.06 bits per heavy atom. The van der Waals surface area contributed by atoms with E-state index in [4.69, 9.17) is 9.84 Å². The van der Waals surface area contributed by atoms with Gasteiger partial charge in [0, 0.05) is 12.1 Å². The van der Waals surface area contributed by atoms with Crippen LogP contribution in [0.1, 0.15) is 46.5 Å². The Morgan fingerprint density at radius 1 is 1.17 bits per heavy atom. The molecular formula is C13H21NO4. The van der Waals surface area contributed by atoms with Crippen LogP contribution in [0, 0.1) is 5.92 Å². The minimum atomic E-state index is -0.740. The van der Waals surface area contributed by atoms with Gasteiger partial charge >= 0.3 is 12.1 Å². The predicted octanol–water partition coefficient (Wildman–Crippen LogP) is 2.25. The number of carboxylic acids is 1. The van der Waals surface area contributed by atoms with E-state index < -0.39 is 11.6 Å². The lowest BCUT2D eigenvalue weighted by Gasteiger charge is -2.38. The minimum absolute atomic E-state index is 0.0414. The zero-order valence-corrected chi connectivity index (χ0v) is 11.2. The van der Waals surface area contributed by atoms with Gasteiger partial charge in [-0.2, -0.15) is 0 Å². The molecule has 18 heavy (non-hydrogen) atoms. The zero-order chi connectivity index (χ0) is 13.5. The van der Waals surface area contributed by atoms with Crippen LogP contribution in [0.5, 0.6) is 0 Å². The van der Waals surface area contributed by atoms with E-state index in [2.05, 4.69) is 0 Å². The molecule has 2 aliphatic rings. The minimum Gasteiger partial charge on any atom is -0.481 e. The van der Waals surface area contributed by atoms with Gasteiger partial charge in [0.1, 0.15) is 5.60 Å². The highest BCUT2D eigenvalue weighted by Gasteiger charge is 2.46. The average Bonchev–Trinajstić information content (AvgIpc) is 2.47.